The van der Waals surface area contributed by atoms with Crippen molar-refractivity contribution in [3.63, 3.8) is 0 Å². The lowest BCUT2D eigenvalue weighted by atomic mass is 10.1. The Hall–Kier alpha value is -1.55. The number of carbonyl (C=O) groups excluding carboxylic acids is 1. The number of benzene rings is 1. The van der Waals surface area contributed by atoms with Crippen molar-refractivity contribution in [3.8, 4) is 0 Å². The minimum absolute atomic E-state index is 0.254. The topological polar surface area (TPSA) is 35.6 Å². The lowest BCUT2D eigenvalue weighted by Crippen LogP contribution is -2.27. The van der Waals surface area contributed by atoms with E-state index in [0.29, 0.717) is 12.5 Å². The monoisotopic (exact) mass is 287 g/mol. The fourth-order valence-electron chi connectivity index (χ4n) is 3.34. The summed E-state index contributed by atoms with van der Waals surface area (Å²) in [4.78, 5) is 16.3. The van der Waals surface area contributed by atoms with Gasteiger partial charge in [0.2, 0.25) is 5.91 Å². The van der Waals surface area contributed by atoms with Gasteiger partial charge in [-0.15, -0.1) is 0 Å². The summed E-state index contributed by atoms with van der Waals surface area (Å²) in [5.41, 5.74) is 2.17. The van der Waals surface area contributed by atoms with E-state index in [4.69, 9.17) is 0 Å². The van der Waals surface area contributed by atoms with Crippen LogP contribution >= 0.6 is 0 Å². The van der Waals surface area contributed by atoms with Crippen molar-refractivity contribution < 1.29 is 4.79 Å². The minimum atomic E-state index is 0.254. The Bertz CT molecular complexity index is 503. The number of hydrogen-bond acceptors (Lipinski definition) is 3. The van der Waals surface area contributed by atoms with Crippen molar-refractivity contribution in [2.24, 2.45) is 0 Å². The molecule has 0 spiro atoms. The van der Waals surface area contributed by atoms with Crippen LogP contribution in [-0.4, -0.2) is 43.5 Å². The van der Waals surface area contributed by atoms with Gasteiger partial charge in [0.15, 0.2) is 0 Å². The number of anilines is 2. The zero-order valence-corrected chi connectivity index (χ0v) is 12.8. The summed E-state index contributed by atoms with van der Waals surface area (Å²) in [5.74, 6) is 0.254. The van der Waals surface area contributed by atoms with Crippen molar-refractivity contribution in [3.05, 3.63) is 24.3 Å². The standard InChI is InChI=1S/C17H25N3O/c1-19-11-4-6-14(10-13-19)18-15-7-2-3-8-16(15)20-12-5-9-17(20)21/h2-3,7-8,14,18H,4-6,9-13H2,1H3. The molecule has 4 heteroatoms. The van der Waals surface area contributed by atoms with Crippen LogP contribution < -0.4 is 10.2 Å². The Balaban J connectivity index is 1.74. The van der Waals surface area contributed by atoms with E-state index in [-0.39, 0.29) is 5.91 Å². The maximum absolute atomic E-state index is 12.0. The van der Waals surface area contributed by atoms with Gasteiger partial charge in [0.1, 0.15) is 0 Å². The van der Waals surface area contributed by atoms with Crippen LogP contribution in [0.25, 0.3) is 0 Å². The fourth-order valence-corrected chi connectivity index (χ4v) is 3.34. The van der Waals surface area contributed by atoms with E-state index in [1.165, 1.54) is 25.8 Å². The van der Waals surface area contributed by atoms with Crippen LogP contribution in [0.3, 0.4) is 0 Å². The Morgan fingerprint density at radius 1 is 1.10 bits per heavy atom. The number of para-hydroxylation sites is 2. The predicted molar refractivity (Wildman–Crippen MR) is 86.8 cm³/mol. The molecular formula is C17H25N3O. The number of amides is 1. The molecule has 1 amide bonds. The molecule has 1 N–H and O–H groups in total. The highest BCUT2D eigenvalue weighted by atomic mass is 16.2. The second-order valence-electron chi connectivity index (χ2n) is 6.24. The number of carbonyl (C=O) groups is 1. The normalized spacial score (nSPS) is 24.1. The molecule has 3 rings (SSSR count). The first-order chi connectivity index (χ1) is 10.2. The van der Waals surface area contributed by atoms with E-state index in [0.717, 1.165) is 30.9 Å². The van der Waals surface area contributed by atoms with Crippen LogP contribution in [0.15, 0.2) is 24.3 Å². The number of likely N-dealkylation sites (tertiary alicyclic amines) is 1. The molecular weight excluding hydrogens is 262 g/mol. The van der Waals surface area contributed by atoms with Gasteiger partial charge in [-0.2, -0.15) is 0 Å². The number of nitrogens with zero attached hydrogens (tertiary/aromatic N) is 2. The van der Waals surface area contributed by atoms with E-state index in [1.54, 1.807) is 0 Å². The highest BCUT2D eigenvalue weighted by Crippen LogP contribution is 2.30. The Labute approximate surface area is 127 Å². The number of hydrogen-bond donors (Lipinski definition) is 1. The molecule has 1 aromatic rings. The van der Waals surface area contributed by atoms with Gasteiger partial charge < -0.3 is 15.1 Å². The molecule has 2 aliphatic rings. The fraction of sp³-hybridized carbons (Fsp3) is 0.588. The largest absolute Gasteiger partial charge is 0.381 e. The quantitative estimate of drug-likeness (QED) is 0.928. The predicted octanol–water partition coefficient (Wildman–Crippen LogP) is 2.71. The third kappa shape index (κ3) is 3.38. The smallest absolute Gasteiger partial charge is 0.227 e. The Kier molecular flexibility index (Phi) is 4.44. The first kappa shape index (κ1) is 14.4. The van der Waals surface area contributed by atoms with Crippen molar-refractivity contribution in [1.29, 1.82) is 0 Å². The lowest BCUT2D eigenvalue weighted by molar-refractivity contribution is -0.117. The first-order valence-electron chi connectivity index (χ1n) is 8.08. The molecule has 1 unspecified atom stereocenters. The Morgan fingerprint density at radius 2 is 1.95 bits per heavy atom. The molecule has 0 aliphatic carbocycles. The molecule has 0 saturated carbocycles. The summed E-state index contributed by atoms with van der Waals surface area (Å²) in [6.45, 7) is 3.18. The summed E-state index contributed by atoms with van der Waals surface area (Å²) in [5, 5.41) is 3.69. The van der Waals surface area contributed by atoms with Crippen molar-refractivity contribution in [2.45, 2.75) is 38.1 Å². The van der Waals surface area contributed by atoms with Gasteiger partial charge >= 0.3 is 0 Å². The van der Waals surface area contributed by atoms with Crippen LogP contribution in [0.4, 0.5) is 11.4 Å². The molecule has 114 valence electrons. The number of nitrogens with one attached hydrogen (secondary N) is 1. The molecule has 21 heavy (non-hydrogen) atoms. The summed E-state index contributed by atoms with van der Waals surface area (Å²) in [6.07, 6.45) is 5.26. The average molecular weight is 287 g/mol. The maximum atomic E-state index is 12.0. The molecule has 1 atom stereocenters. The molecule has 2 heterocycles. The highest BCUT2D eigenvalue weighted by Gasteiger charge is 2.24. The van der Waals surface area contributed by atoms with Gasteiger partial charge in [0.25, 0.3) is 0 Å². The van der Waals surface area contributed by atoms with Gasteiger partial charge in [-0.1, -0.05) is 12.1 Å². The SMILES string of the molecule is CN1CCCC(Nc2ccccc2N2CCCC2=O)CC1. The second-order valence-corrected chi connectivity index (χ2v) is 6.24. The molecule has 0 aromatic heterocycles. The molecule has 2 saturated heterocycles. The van der Waals surface area contributed by atoms with E-state index in [9.17, 15) is 4.79 Å². The average Bonchev–Trinajstić information content (AvgIpc) is 2.80. The zero-order valence-electron chi connectivity index (χ0n) is 12.8. The van der Waals surface area contributed by atoms with Gasteiger partial charge in [-0.05, 0) is 58.0 Å². The number of rotatable bonds is 3. The van der Waals surface area contributed by atoms with E-state index in [1.807, 2.05) is 11.0 Å². The highest BCUT2D eigenvalue weighted by molar-refractivity contribution is 5.98. The van der Waals surface area contributed by atoms with Crippen LogP contribution in [0.2, 0.25) is 0 Å². The molecule has 2 aliphatic heterocycles. The van der Waals surface area contributed by atoms with Gasteiger partial charge in [-0.3, -0.25) is 4.79 Å². The molecule has 1 aromatic carbocycles. The van der Waals surface area contributed by atoms with Crippen molar-refractivity contribution >= 4 is 17.3 Å². The summed E-state index contributed by atoms with van der Waals surface area (Å²) in [6, 6.07) is 8.75. The van der Waals surface area contributed by atoms with E-state index >= 15 is 0 Å². The van der Waals surface area contributed by atoms with Crippen molar-refractivity contribution in [1.82, 2.24) is 4.90 Å². The molecule has 2 fully saturated rings. The molecule has 0 bridgehead atoms. The maximum Gasteiger partial charge on any atom is 0.227 e. The van der Waals surface area contributed by atoms with Gasteiger partial charge in [0, 0.05) is 19.0 Å². The van der Waals surface area contributed by atoms with E-state index < -0.39 is 0 Å². The zero-order chi connectivity index (χ0) is 14.7. The van der Waals surface area contributed by atoms with Gasteiger partial charge in [-0.25, -0.2) is 0 Å². The second kappa shape index (κ2) is 6.48. The Morgan fingerprint density at radius 3 is 2.76 bits per heavy atom. The van der Waals surface area contributed by atoms with Gasteiger partial charge in [0.05, 0.1) is 11.4 Å². The molecule has 0 radical (unpaired) electrons. The third-order valence-electron chi connectivity index (χ3n) is 4.58. The minimum Gasteiger partial charge on any atom is -0.381 e. The van der Waals surface area contributed by atoms with Crippen LogP contribution in [0.1, 0.15) is 32.1 Å². The summed E-state index contributed by atoms with van der Waals surface area (Å²) < 4.78 is 0. The summed E-state index contributed by atoms with van der Waals surface area (Å²) >= 11 is 0. The third-order valence-corrected chi connectivity index (χ3v) is 4.58. The first-order valence-corrected chi connectivity index (χ1v) is 8.08. The van der Waals surface area contributed by atoms with Crippen LogP contribution in [-0.2, 0) is 4.79 Å². The van der Waals surface area contributed by atoms with Crippen LogP contribution in [0, 0.1) is 0 Å². The lowest BCUT2D eigenvalue weighted by Gasteiger charge is -2.24. The van der Waals surface area contributed by atoms with Crippen LogP contribution in [0.5, 0.6) is 0 Å². The van der Waals surface area contributed by atoms with E-state index in [2.05, 4.69) is 35.5 Å². The molecule has 4 nitrogen and oxygen atoms in total. The summed E-state index contributed by atoms with van der Waals surface area (Å²) in [7, 11) is 2.19. The van der Waals surface area contributed by atoms with Crippen molar-refractivity contribution in [2.75, 3.05) is 36.9 Å².